The highest BCUT2D eigenvalue weighted by Gasteiger charge is 2.39. The van der Waals surface area contributed by atoms with E-state index < -0.39 is 16.0 Å². The molecule has 0 amide bonds. The molecule has 2 aromatic rings. The van der Waals surface area contributed by atoms with E-state index in [0.29, 0.717) is 23.4 Å². The van der Waals surface area contributed by atoms with Gasteiger partial charge in [0.25, 0.3) is 10.0 Å². The number of aromatic nitrogens is 1. The molecule has 0 radical (unpaired) electrons. The molecule has 1 atom stereocenters. The molecule has 0 fully saturated rings. The number of carbonyl (C=O) groups excluding carboxylic acids is 1. The van der Waals surface area contributed by atoms with Gasteiger partial charge in [0.15, 0.2) is 0 Å². The van der Waals surface area contributed by atoms with Gasteiger partial charge in [-0.2, -0.15) is 0 Å². The molecule has 1 aliphatic rings. The number of hydrogen-bond acceptors (Lipinski definition) is 4. The molecule has 0 saturated heterocycles. The Morgan fingerprint density at radius 2 is 1.92 bits per heavy atom. The number of nitrogens with zero attached hydrogens (tertiary/aromatic N) is 2. The lowest BCUT2D eigenvalue weighted by Crippen LogP contribution is -2.36. The monoisotopic (exact) mass is 376 g/mol. The Hall–Kier alpha value is -2.28. The first kappa shape index (κ1) is 18.5. The molecular formula is C19H24N2O4S. The van der Waals surface area contributed by atoms with Crippen LogP contribution in [0.5, 0.6) is 0 Å². The minimum absolute atomic E-state index is 0.178. The van der Waals surface area contributed by atoms with Gasteiger partial charge in [-0.1, -0.05) is 18.2 Å². The number of hydrogen-bond donors (Lipinski definition) is 0. The average Bonchev–Trinajstić information content (AvgIpc) is 3.01. The number of anilines is 1. The van der Waals surface area contributed by atoms with Crippen LogP contribution in [-0.4, -0.2) is 31.6 Å². The van der Waals surface area contributed by atoms with Crippen LogP contribution in [0.3, 0.4) is 0 Å². The van der Waals surface area contributed by atoms with Crippen LogP contribution in [0, 0.1) is 13.8 Å². The Labute approximate surface area is 154 Å². The van der Waals surface area contributed by atoms with E-state index in [1.54, 1.807) is 32.4 Å². The van der Waals surface area contributed by atoms with Crippen molar-refractivity contribution >= 4 is 21.7 Å². The van der Waals surface area contributed by atoms with Crippen LogP contribution in [0.1, 0.15) is 41.2 Å². The molecule has 0 unspecified atom stereocenters. The minimum Gasteiger partial charge on any atom is -0.461 e. The second-order valence-electron chi connectivity index (χ2n) is 6.65. The van der Waals surface area contributed by atoms with Gasteiger partial charge in [-0.05, 0) is 45.7 Å². The van der Waals surface area contributed by atoms with Gasteiger partial charge in [0.2, 0.25) is 0 Å². The van der Waals surface area contributed by atoms with Crippen molar-refractivity contribution in [2.75, 3.05) is 10.9 Å². The number of esters is 1. The summed E-state index contributed by atoms with van der Waals surface area (Å²) in [5.74, 6) is -0.507. The third-order valence-electron chi connectivity index (χ3n) is 4.99. The zero-order valence-corrected chi connectivity index (χ0v) is 16.6. The van der Waals surface area contributed by atoms with Crippen LogP contribution >= 0.6 is 0 Å². The molecule has 0 N–H and O–H groups in total. The van der Waals surface area contributed by atoms with Gasteiger partial charge < -0.3 is 9.30 Å². The van der Waals surface area contributed by atoms with Gasteiger partial charge in [-0.15, -0.1) is 0 Å². The molecule has 2 heterocycles. The summed E-state index contributed by atoms with van der Waals surface area (Å²) in [6.45, 7) is 7.25. The first-order valence-corrected chi connectivity index (χ1v) is 10.1. The predicted molar refractivity (Wildman–Crippen MR) is 100 cm³/mol. The number of fused-ring (bicyclic) bond motifs is 1. The Morgan fingerprint density at radius 3 is 2.58 bits per heavy atom. The fourth-order valence-corrected chi connectivity index (χ4v) is 6.00. The number of rotatable bonds is 4. The van der Waals surface area contributed by atoms with Crippen LogP contribution in [0.25, 0.3) is 0 Å². The van der Waals surface area contributed by atoms with Gasteiger partial charge in [-0.3, -0.25) is 4.31 Å². The van der Waals surface area contributed by atoms with Crippen LogP contribution < -0.4 is 4.31 Å². The fraction of sp³-hybridized carbons (Fsp3) is 0.421. The van der Waals surface area contributed by atoms with E-state index >= 15 is 0 Å². The third kappa shape index (κ3) is 2.61. The lowest BCUT2D eigenvalue weighted by molar-refractivity contribution is 0.0514. The normalized spacial score (nSPS) is 16.7. The van der Waals surface area contributed by atoms with Crippen molar-refractivity contribution in [1.29, 1.82) is 0 Å². The molecule has 3 rings (SSSR count). The molecule has 140 valence electrons. The highest BCUT2D eigenvalue weighted by molar-refractivity contribution is 7.93. The molecule has 0 aliphatic carbocycles. The zero-order chi connectivity index (χ0) is 19.2. The molecule has 6 nitrogen and oxygen atoms in total. The number of carbonyl (C=O) groups is 1. The topological polar surface area (TPSA) is 68.6 Å². The van der Waals surface area contributed by atoms with Gasteiger partial charge in [0, 0.05) is 24.3 Å². The molecular weight excluding hydrogens is 352 g/mol. The van der Waals surface area contributed by atoms with Gasteiger partial charge >= 0.3 is 5.97 Å². The summed E-state index contributed by atoms with van der Waals surface area (Å²) in [5, 5.41) is 0. The number of sulfonamides is 1. The summed E-state index contributed by atoms with van der Waals surface area (Å²) in [7, 11) is -2.12. The maximum absolute atomic E-state index is 13.6. The Morgan fingerprint density at radius 1 is 1.27 bits per heavy atom. The van der Waals surface area contributed by atoms with E-state index in [2.05, 4.69) is 0 Å². The fourth-order valence-electron chi connectivity index (χ4n) is 3.82. The molecule has 0 saturated carbocycles. The highest BCUT2D eigenvalue weighted by Crippen LogP contribution is 2.39. The average molecular weight is 376 g/mol. The lowest BCUT2D eigenvalue weighted by atomic mass is 10.1. The second-order valence-corrected chi connectivity index (χ2v) is 8.40. The van der Waals surface area contributed by atoms with Crippen molar-refractivity contribution in [2.24, 2.45) is 7.05 Å². The van der Waals surface area contributed by atoms with Crippen LogP contribution in [0.15, 0.2) is 29.2 Å². The predicted octanol–water partition coefficient (Wildman–Crippen LogP) is 2.96. The Kier molecular flexibility index (Phi) is 4.60. The SMILES string of the molecule is CCOC(=O)c1c(C)c(S(=O)(=O)N2c3ccccc3C[C@@H]2C)c(C)n1C. The molecule has 0 bridgehead atoms. The maximum Gasteiger partial charge on any atom is 0.355 e. The zero-order valence-electron chi connectivity index (χ0n) is 15.7. The van der Waals surface area contributed by atoms with Gasteiger partial charge in [0.1, 0.15) is 10.6 Å². The van der Waals surface area contributed by atoms with Crippen molar-refractivity contribution in [3.8, 4) is 0 Å². The molecule has 1 aromatic heterocycles. The highest BCUT2D eigenvalue weighted by atomic mass is 32.2. The largest absolute Gasteiger partial charge is 0.461 e. The number of ether oxygens (including phenoxy) is 1. The van der Waals surface area contributed by atoms with Gasteiger partial charge in [-0.25, -0.2) is 13.2 Å². The van der Waals surface area contributed by atoms with Gasteiger partial charge in [0.05, 0.1) is 12.3 Å². The summed E-state index contributed by atoms with van der Waals surface area (Å²) >= 11 is 0. The van der Waals surface area contributed by atoms with E-state index in [1.807, 2.05) is 31.2 Å². The van der Waals surface area contributed by atoms with Crippen LogP contribution in [0.2, 0.25) is 0 Å². The van der Waals surface area contributed by atoms with Crippen molar-refractivity contribution < 1.29 is 17.9 Å². The Balaban J connectivity index is 2.18. The van der Waals surface area contributed by atoms with E-state index in [9.17, 15) is 13.2 Å². The smallest absolute Gasteiger partial charge is 0.355 e. The summed E-state index contributed by atoms with van der Waals surface area (Å²) in [6.07, 6.45) is 0.672. The van der Waals surface area contributed by atoms with Crippen molar-refractivity contribution in [1.82, 2.24) is 4.57 Å². The first-order valence-electron chi connectivity index (χ1n) is 8.67. The summed E-state index contributed by atoms with van der Waals surface area (Å²) in [5.41, 5.74) is 2.96. The van der Waals surface area contributed by atoms with Crippen molar-refractivity contribution in [2.45, 2.75) is 45.1 Å². The molecule has 7 heteroatoms. The summed E-state index contributed by atoms with van der Waals surface area (Å²) < 4.78 is 35.3. The van der Waals surface area contributed by atoms with Crippen molar-refractivity contribution in [3.05, 3.63) is 46.8 Å². The number of para-hydroxylation sites is 1. The molecule has 1 aromatic carbocycles. The van der Waals surface area contributed by atoms with Crippen molar-refractivity contribution in [3.63, 3.8) is 0 Å². The molecule has 1 aliphatic heterocycles. The summed E-state index contributed by atoms with van der Waals surface area (Å²) in [4.78, 5) is 12.5. The van der Waals surface area contributed by atoms with E-state index in [0.717, 1.165) is 5.56 Å². The summed E-state index contributed by atoms with van der Waals surface area (Å²) in [6, 6.07) is 7.36. The molecule has 0 spiro atoms. The molecule has 26 heavy (non-hydrogen) atoms. The quantitative estimate of drug-likeness (QED) is 0.770. The maximum atomic E-state index is 13.6. The van der Waals surface area contributed by atoms with E-state index in [1.165, 1.54) is 4.31 Å². The lowest BCUT2D eigenvalue weighted by Gasteiger charge is -2.25. The Bertz CT molecular complexity index is 976. The minimum atomic E-state index is -3.81. The van der Waals surface area contributed by atoms with E-state index in [-0.39, 0.29) is 23.2 Å². The van der Waals surface area contributed by atoms with E-state index in [4.69, 9.17) is 4.74 Å². The number of benzene rings is 1. The van der Waals surface area contributed by atoms with Crippen LogP contribution in [0.4, 0.5) is 5.69 Å². The van der Waals surface area contributed by atoms with Crippen LogP contribution in [-0.2, 0) is 28.2 Å². The first-order chi connectivity index (χ1) is 12.2. The second kappa shape index (κ2) is 6.46. The standard InChI is InChI=1S/C19H24N2O4S/c1-6-25-19(22)17-13(3)18(14(4)20(17)5)26(23,24)21-12(2)11-15-9-7-8-10-16(15)21/h7-10,12H,6,11H2,1-5H3/t12-/m0/s1. The third-order valence-corrected chi connectivity index (χ3v) is 7.19.